The van der Waals surface area contributed by atoms with E-state index in [2.05, 4.69) is 42.6 Å². The molecule has 1 saturated heterocycles. The van der Waals surface area contributed by atoms with Crippen molar-refractivity contribution >= 4 is 34.0 Å². The highest BCUT2D eigenvalue weighted by Gasteiger charge is 2.20. The molecule has 0 spiro atoms. The molecule has 0 bridgehead atoms. The SMILES string of the molecule is COc1ccc(-c2csc(CCNc3nc(CN4CCN(c5ncccn5)CC4)nc4ccccc34)n2)cc1. The third kappa shape index (κ3) is 5.97. The van der Waals surface area contributed by atoms with Crippen molar-refractivity contribution in [3.05, 3.63) is 83.2 Å². The Bertz CT molecular complexity index is 1520. The molecule has 0 amide bonds. The molecule has 0 radical (unpaired) electrons. The first-order chi connectivity index (χ1) is 19.2. The van der Waals surface area contributed by atoms with Crippen LogP contribution in [0.2, 0.25) is 0 Å². The molecule has 0 atom stereocenters. The summed E-state index contributed by atoms with van der Waals surface area (Å²) < 4.78 is 5.26. The quantitative estimate of drug-likeness (QED) is 0.291. The van der Waals surface area contributed by atoms with E-state index in [-0.39, 0.29) is 0 Å². The molecule has 9 nitrogen and oxygen atoms in total. The first-order valence-electron chi connectivity index (χ1n) is 13.1. The van der Waals surface area contributed by atoms with Crippen LogP contribution in [-0.4, -0.2) is 69.7 Å². The fourth-order valence-corrected chi connectivity index (χ4v) is 5.51. The van der Waals surface area contributed by atoms with E-state index >= 15 is 0 Å². The average Bonchev–Trinajstić information content (AvgIpc) is 3.47. The number of benzene rings is 2. The van der Waals surface area contributed by atoms with Crippen LogP contribution in [0.1, 0.15) is 10.8 Å². The highest BCUT2D eigenvalue weighted by atomic mass is 32.1. The summed E-state index contributed by atoms with van der Waals surface area (Å²) in [5, 5.41) is 7.80. The molecule has 10 heteroatoms. The predicted octanol–water partition coefficient (Wildman–Crippen LogP) is 4.53. The number of para-hydroxylation sites is 1. The number of hydrogen-bond donors (Lipinski definition) is 1. The van der Waals surface area contributed by atoms with Gasteiger partial charge < -0.3 is 15.0 Å². The lowest BCUT2D eigenvalue weighted by molar-refractivity contribution is 0.243. The van der Waals surface area contributed by atoms with Crippen molar-refractivity contribution in [1.29, 1.82) is 0 Å². The molecule has 0 aliphatic carbocycles. The van der Waals surface area contributed by atoms with Gasteiger partial charge in [0.2, 0.25) is 5.95 Å². The summed E-state index contributed by atoms with van der Waals surface area (Å²) in [5.74, 6) is 3.34. The molecule has 2 aromatic carbocycles. The van der Waals surface area contributed by atoms with Crippen LogP contribution in [0, 0.1) is 0 Å². The summed E-state index contributed by atoms with van der Waals surface area (Å²) in [4.78, 5) is 28.0. The number of aromatic nitrogens is 5. The van der Waals surface area contributed by atoms with Crippen molar-refractivity contribution in [2.45, 2.75) is 13.0 Å². The van der Waals surface area contributed by atoms with Crippen molar-refractivity contribution in [3.8, 4) is 17.0 Å². The van der Waals surface area contributed by atoms with Gasteiger partial charge in [-0.05, 0) is 42.5 Å². The number of nitrogens with zero attached hydrogens (tertiary/aromatic N) is 7. The Morgan fingerprint density at radius 1 is 0.897 bits per heavy atom. The maximum absolute atomic E-state index is 5.26. The second-order valence-electron chi connectivity index (χ2n) is 9.35. The highest BCUT2D eigenvalue weighted by molar-refractivity contribution is 7.09. The normalized spacial score (nSPS) is 14.0. The third-order valence-corrected chi connectivity index (χ3v) is 7.70. The lowest BCUT2D eigenvalue weighted by atomic mass is 10.2. The fraction of sp³-hybridized carbons (Fsp3) is 0.276. The number of methoxy groups -OCH3 is 1. The minimum absolute atomic E-state index is 0.709. The molecule has 3 aromatic heterocycles. The second-order valence-corrected chi connectivity index (χ2v) is 10.3. The van der Waals surface area contributed by atoms with E-state index in [0.717, 1.165) is 89.7 Å². The van der Waals surface area contributed by atoms with Crippen molar-refractivity contribution in [3.63, 3.8) is 0 Å². The fourth-order valence-electron chi connectivity index (χ4n) is 4.70. The third-order valence-electron chi connectivity index (χ3n) is 6.79. The number of nitrogens with one attached hydrogen (secondary N) is 1. The Balaban J connectivity index is 1.09. The zero-order valence-corrected chi connectivity index (χ0v) is 22.6. The van der Waals surface area contributed by atoms with Gasteiger partial charge >= 0.3 is 0 Å². The Labute approximate surface area is 231 Å². The molecule has 39 heavy (non-hydrogen) atoms. The van der Waals surface area contributed by atoms with Crippen LogP contribution in [0.3, 0.4) is 0 Å². The standard InChI is InChI=1S/C29H30N8OS/c1-38-22-9-7-21(8-10-22)25-20-39-27(34-25)11-14-30-28-23-5-2-3-6-24(23)33-26(35-28)19-36-15-17-37(18-16-36)29-31-12-4-13-32-29/h2-10,12-13,20H,11,14-19H2,1H3,(H,30,33,35). The number of ether oxygens (including phenoxy) is 1. The van der Waals surface area contributed by atoms with Gasteiger partial charge in [0.25, 0.3) is 0 Å². The van der Waals surface area contributed by atoms with Gasteiger partial charge in [-0.15, -0.1) is 11.3 Å². The van der Waals surface area contributed by atoms with Gasteiger partial charge in [0, 0.05) is 67.9 Å². The summed E-state index contributed by atoms with van der Waals surface area (Å²) in [5.41, 5.74) is 3.04. The molecule has 4 heterocycles. The van der Waals surface area contributed by atoms with Crippen molar-refractivity contribution in [1.82, 2.24) is 29.8 Å². The number of anilines is 2. The van der Waals surface area contributed by atoms with Crippen LogP contribution >= 0.6 is 11.3 Å². The number of piperazine rings is 1. The number of rotatable bonds is 9. The molecule has 1 aliphatic heterocycles. The summed E-state index contributed by atoms with van der Waals surface area (Å²) >= 11 is 1.68. The topological polar surface area (TPSA) is 92.2 Å². The summed E-state index contributed by atoms with van der Waals surface area (Å²) in [6, 6.07) is 18.0. The molecule has 0 saturated carbocycles. The van der Waals surface area contributed by atoms with Crippen LogP contribution in [0.25, 0.3) is 22.2 Å². The molecule has 1 N–H and O–H groups in total. The maximum Gasteiger partial charge on any atom is 0.225 e. The van der Waals surface area contributed by atoms with Crippen molar-refractivity contribution < 1.29 is 4.74 Å². The number of fused-ring (bicyclic) bond motifs is 1. The van der Waals surface area contributed by atoms with Gasteiger partial charge in [-0.1, -0.05) is 12.1 Å². The lowest BCUT2D eigenvalue weighted by Gasteiger charge is -2.34. The Kier molecular flexibility index (Phi) is 7.55. The molecular formula is C29H30N8OS. The van der Waals surface area contributed by atoms with Gasteiger partial charge in [0.1, 0.15) is 17.4 Å². The van der Waals surface area contributed by atoms with Gasteiger partial charge in [-0.2, -0.15) is 0 Å². The Hall–Kier alpha value is -4.15. The molecular weight excluding hydrogens is 508 g/mol. The molecule has 6 rings (SSSR count). The van der Waals surface area contributed by atoms with Gasteiger partial charge in [0.05, 0.1) is 29.9 Å². The number of hydrogen-bond acceptors (Lipinski definition) is 10. The minimum Gasteiger partial charge on any atom is -0.497 e. The van der Waals surface area contributed by atoms with E-state index in [1.54, 1.807) is 30.8 Å². The van der Waals surface area contributed by atoms with E-state index in [0.29, 0.717) is 6.54 Å². The van der Waals surface area contributed by atoms with Gasteiger partial charge in [-0.25, -0.2) is 24.9 Å². The van der Waals surface area contributed by atoms with Crippen molar-refractivity contribution in [2.75, 3.05) is 50.1 Å². The Morgan fingerprint density at radius 2 is 1.69 bits per heavy atom. The van der Waals surface area contributed by atoms with E-state index in [1.165, 1.54) is 0 Å². The molecule has 5 aromatic rings. The second kappa shape index (κ2) is 11.7. The summed E-state index contributed by atoms with van der Waals surface area (Å²) in [7, 11) is 1.68. The van der Waals surface area contributed by atoms with E-state index < -0.39 is 0 Å². The van der Waals surface area contributed by atoms with Crippen LogP contribution in [0.5, 0.6) is 5.75 Å². The molecule has 1 aliphatic rings. The Morgan fingerprint density at radius 3 is 2.49 bits per heavy atom. The zero-order valence-electron chi connectivity index (χ0n) is 21.8. The summed E-state index contributed by atoms with van der Waals surface area (Å²) in [6.07, 6.45) is 4.40. The van der Waals surface area contributed by atoms with E-state index in [4.69, 9.17) is 19.7 Å². The summed E-state index contributed by atoms with van der Waals surface area (Å²) in [6.45, 7) is 5.05. The monoisotopic (exact) mass is 538 g/mol. The van der Waals surface area contributed by atoms with E-state index in [1.807, 2.05) is 42.5 Å². The first-order valence-corrected chi connectivity index (χ1v) is 14.0. The maximum atomic E-state index is 5.26. The van der Waals surface area contributed by atoms with Crippen LogP contribution in [0.15, 0.2) is 72.4 Å². The average molecular weight is 539 g/mol. The zero-order chi connectivity index (χ0) is 26.4. The smallest absolute Gasteiger partial charge is 0.225 e. The van der Waals surface area contributed by atoms with E-state index in [9.17, 15) is 0 Å². The predicted molar refractivity (Wildman–Crippen MR) is 155 cm³/mol. The van der Waals surface area contributed by atoms with Crippen LogP contribution < -0.4 is 15.0 Å². The minimum atomic E-state index is 0.709. The van der Waals surface area contributed by atoms with Crippen LogP contribution in [0.4, 0.5) is 11.8 Å². The van der Waals surface area contributed by atoms with Crippen LogP contribution in [-0.2, 0) is 13.0 Å². The highest BCUT2D eigenvalue weighted by Crippen LogP contribution is 2.25. The molecule has 198 valence electrons. The van der Waals surface area contributed by atoms with Crippen molar-refractivity contribution in [2.24, 2.45) is 0 Å². The number of thiazole rings is 1. The largest absolute Gasteiger partial charge is 0.497 e. The first kappa shape index (κ1) is 25.1. The van der Waals surface area contributed by atoms with Gasteiger partial charge in [0.15, 0.2) is 0 Å². The van der Waals surface area contributed by atoms with Gasteiger partial charge in [-0.3, -0.25) is 4.90 Å². The molecule has 0 unspecified atom stereocenters. The lowest BCUT2D eigenvalue weighted by Crippen LogP contribution is -2.46. The molecule has 1 fully saturated rings.